The minimum atomic E-state index is -4.30. The van der Waals surface area contributed by atoms with Crippen molar-refractivity contribution in [3.63, 3.8) is 0 Å². The number of imidazole rings is 2. The molecule has 6 rings (SSSR count). The van der Waals surface area contributed by atoms with Gasteiger partial charge in [-0.3, -0.25) is 32.4 Å². The molecule has 0 aromatic carbocycles. The van der Waals surface area contributed by atoms with Gasteiger partial charge in [0.25, 0.3) is 5.56 Å². The number of H-pyrrole nitrogens is 1. The minimum absolute atomic E-state index is 0.0593. The fourth-order valence-corrected chi connectivity index (χ4v) is 6.87. The van der Waals surface area contributed by atoms with E-state index in [9.17, 15) is 13.9 Å². The van der Waals surface area contributed by atoms with Crippen LogP contribution >= 0.6 is 38.1 Å². The molecule has 2 aliphatic rings. The summed E-state index contributed by atoms with van der Waals surface area (Å²) < 4.78 is 72.2. The number of rotatable bonds is 1. The minimum Gasteiger partial charge on any atom is -0.369 e. The van der Waals surface area contributed by atoms with Crippen LogP contribution in [0, 0.1) is 0 Å². The van der Waals surface area contributed by atoms with Gasteiger partial charge in [-0.1, -0.05) is 24.5 Å². The fraction of sp³-hybridized carbons (Fsp3) is 0.444. The van der Waals surface area contributed by atoms with Gasteiger partial charge in [0.1, 0.15) is 36.5 Å². The number of aromatic nitrogens is 8. The Morgan fingerprint density at radius 2 is 1.95 bits per heavy atom. The van der Waals surface area contributed by atoms with Gasteiger partial charge in [0, 0.05) is 6.54 Å². The summed E-state index contributed by atoms with van der Waals surface area (Å²) in [5.74, 6) is -0.0000400. The number of ether oxygens (including phenoxy) is 1. The molecule has 0 spiro atoms. The fourth-order valence-electron chi connectivity index (χ4n) is 4.34. The molecular formula is C18H20FN9O8P2S2. The van der Waals surface area contributed by atoms with Crippen molar-refractivity contribution in [1.82, 2.24) is 39.0 Å². The van der Waals surface area contributed by atoms with Gasteiger partial charge in [0.2, 0.25) is 5.95 Å². The van der Waals surface area contributed by atoms with Crippen LogP contribution in [-0.2, 0) is 45.1 Å². The number of nitrogens with zero attached hydrogens (tertiary/aromatic N) is 7. The molecule has 214 valence electrons. The maximum atomic E-state index is 15.8. The van der Waals surface area contributed by atoms with Crippen LogP contribution in [0.3, 0.4) is 0 Å². The molecule has 0 unspecified atom stereocenters. The van der Waals surface area contributed by atoms with Gasteiger partial charge in [-0.15, -0.1) is 0 Å². The van der Waals surface area contributed by atoms with E-state index in [1.807, 2.05) is 0 Å². The molecule has 0 radical (unpaired) electrons. The Hall–Kier alpha value is -2.41. The molecule has 1 saturated heterocycles. The first kappa shape index (κ1) is 27.7. The van der Waals surface area contributed by atoms with Crippen LogP contribution in [0.1, 0.15) is 12.1 Å². The Morgan fingerprint density at radius 3 is 2.77 bits per heavy atom. The Balaban J connectivity index is 1.38. The van der Waals surface area contributed by atoms with Crippen molar-refractivity contribution in [2.45, 2.75) is 37.8 Å². The van der Waals surface area contributed by atoms with Crippen molar-refractivity contribution >= 4 is 66.4 Å². The zero-order valence-electron chi connectivity index (χ0n) is 20.0. The highest BCUT2D eigenvalue weighted by molar-refractivity contribution is 8.44. The maximum absolute atomic E-state index is 15.8. The van der Waals surface area contributed by atoms with Crippen molar-refractivity contribution in [3.05, 3.63) is 35.0 Å². The molecule has 4 aromatic rings. The number of alkyl halides is 1. The predicted molar refractivity (Wildman–Crippen MR) is 141 cm³/mol. The summed E-state index contributed by atoms with van der Waals surface area (Å²) in [6, 6.07) is 0. The SMILES string of the molecule is Nc1nc2c(ncn2[C@@H]2O[C@@H]3CO[P@@](=O)(S)OCCn4c(nc5cncnc54)CO[P@@](=O)(S)O[C@@H]2[C@@H]3F)c(=O)[nH]1. The summed E-state index contributed by atoms with van der Waals surface area (Å²) >= 11 is 8.02. The second kappa shape index (κ2) is 10.5. The third-order valence-electron chi connectivity index (χ3n) is 6.06. The van der Waals surface area contributed by atoms with Gasteiger partial charge < -0.3 is 15.0 Å². The number of hydrogen-bond acceptors (Lipinski definition) is 14. The van der Waals surface area contributed by atoms with Gasteiger partial charge in [0.15, 0.2) is 29.2 Å². The third-order valence-corrected chi connectivity index (χ3v) is 9.33. The second-order valence-corrected chi connectivity index (χ2v) is 14.4. The van der Waals surface area contributed by atoms with Crippen LogP contribution < -0.4 is 11.3 Å². The van der Waals surface area contributed by atoms with Gasteiger partial charge in [0.05, 0.1) is 25.7 Å². The van der Waals surface area contributed by atoms with Crippen LogP contribution in [0.4, 0.5) is 10.3 Å². The highest BCUT2D eigenvalue weighted by Crippen LogP contribution is 2.58. The number of halogens is 1. The molecule has 4 aromatic heterocycles. The van der Waals surface area contributed by atoms with Crippen LogP contribution in [0.25, 0.3) is 22.3 Å². The zero-order chi connectivity index (χ0) is 28.2. The summed E-state index contributed by atoms with van der Waals surface area (Å²) in [6.45, 7) is -9.38. The lowest BCUT2D eigenvalue weighted by Gasteiger charge is -2.24. The van der Waals surface area contributed by atoms with E-state index in [1.54, 1.807) is 4.57 Å². The standard InChI is InChI=1S/C18H20FN9O8P2S2/c19-11-9-4-33-37(30,39)32-2-1-27-10(24-8-3-21-6-22-14(8)27)5-34-38(31,40)36-13(11)17(35-9)28-7-23-12-15(28)25-18(20)26-16(12)29/h3,6-7,9,11,13,17H,1-2,4-5H2,(H,30,39)(H,31,40)(H3,20,25,26,29)/t9-,11-,13-,17-,37+,38-/m1/s1. The van der Waals surface area contributed by atoms with Gasteiger partial charge in [-0.2, -0.15) is 4.98 Å². The van der Waals surface area contributed by atoms with Gasteiger partial charge in [-0.05, 0) is 0 Å². The quantitative estimate of drug-likeness (QED) is 0.173. The number of nitrogen functional groups attached to an aromatic ring is 1. The summed E-state index contributed by atoms with van der Waals surface area (Å²) in [6.07, 6.45) is -2.56. The Kier molecular flexibility index (Phi) is 7.25. The molecule has 6 atom stereocenters. The number of fused-ring (bicyclic) bond motifs is 6. The number of nitrogens with two attached hydrogens (primary N) is 1. The molecule has 1 fully saturated rings. The lowest BCUT2D eigenvalue weighted by Crippen LogP contribution is -2.31. The molecule has 22 heteroatoms. The highest BCUT2D eigenvalue weighted by atomic mass is 32.7. The molecule has 2 aliphatic heterocycles. The van der Waals surface area contributed by atoms with Crippen LogP contribution in [0.15, 0.2) is 23.6 Å². The first-order valence-electron chi connectivity index (χ1n) is 11.5. The smallest absolute Gasteiger partial charge is 0.369 e. The van der Waals surface area contributed by atoms with Gasteiger partial charge in [-0.25, -0.2) is 33.5 Å². The van der Waals surface area contributed by atoms with E-state index in [2.05, 4.69) is 54.4 Å². The van der Waals surface area contributed by atoms with Crippen LogP contribution in [-0.4, -0.2) is 70.6 Å². The lowest BCUT2D eigenvalue weighted by molar-refractivity contribution is -0.0444. The number of anilines is 1. The second-order valence-electron chi connectivity index (χ2n) is 8.61. The summed E-state index contributed by atoms with van der Waals surface area (Å²) in [7, 11) is 0. The molecule has 17 nitrogen and oxygen atoms in total. The van der Waals surface area contributed by atoms with Crippen molar-refractivity contribution in [2.24, 2.45) is 0 Å². The van der Waals surface area contributed by atoms with E-state index in [4.69, 9.17) is 28.6 Å². The summed E-state index contributed by atoms with van der Waals surface area (Å²) in [5, 5.41) is 0. The maximum Gasteiger partial charge on any atom is 0.387 e. The topological polar surface area (TPSA) is 213 Å². The highest BCUT2D eigenvalue weighted by Gasteiger charge is 2.51. The normalized spacial score (nSPS) is 32.1. The summed E-state index contributed by atoms with van der Waals surface area (Å²) in [5.41, 5.74) is 5.65. The number of hydrogen-bond donors (Lipinski definition) is 4. The molecule has 6 heterocycles. The zero-order valence-corrected chi connectivity index (χ0v) is 23.6. The van der Waals surface area contributed by atoms with E-state index < -0.39 is 57.0 Å². The summed E-state index contributed by atoms with van der Waals surface area (Å²) in [4.78, 5) is 35.1. The van der Waals surface area contributed by atoms with E-state index >= 15 is 4.39 Å². The monoisotopic (exact) mass is 635 g/mol. The van der Waals surface area contributed by atoms with E-state index in [0.29, 0.717) is 11.2 Å². The number of thiol groups is 2. The largest absolute Gasteiger partial charge is 0.387 e. The van der Waals surface area contributed by atoms with Crippen molar-refractivity contribution < 1.29 is 36.4 Å². The first-order chi connectivity index (χ1) is 19.0. The van der Waals surface area contributed by atoms with Crippen LogP contribution in [0.2, 0.25) is 0 Å². The molecule has 0 aliphatic carbocycles. The van der Waals surface area contributed by atoms with Crippen molar-refractivity contribution in [3.8, 4) is 0 Å². The first-order valence-corrected chi connectivity index (χ1v) is 16.8. The van der Waals surface area contributed by atoms with Gasteiger partial charge >= 0.3 is 13.6 Å². The average molecular weight is 635 g/mol. The lowest BCUT2D eigenvalue weighted by atomic mass is 10.1. The molecule has 0 amide bonds. The van der Waals surface area contributed by atoms with E-state index in [1.165, 1.54) is 17.1 Å². The molecule has 40 heavy (non-hydrogen) atoms. The van der Waals surface area contributed by atoms with Crippen molar-refractivity contribution in [1.29, 1.82) is 0 Å². The molecule has 2 bridgehead atoms. The molecule has 3 N–H and O–H groups in total. The van der Waals surface area contributed by atoms with E-state index in [-0.39, 0.29) is 36.1 Å². The molecule has 0 saturated carbocycles. The van der Waals surface area contributed by atoms with E-state index in [0.717, 1.165) is 6.33 Å². The molecular weight excluding hydrogens is 615 g/mol. The number of aromatic amines is 1. The average Bonchev–Trinajstić information content (AvgIpc) is 3.55. The third kappa shape index (κ3) is 5.31. The Morgan fingerprint density at radius 1 is 1.12 bits per heavy atom. The Labute approximate surface area is 233 Å². The Bertz CT molecular complexity index is 1750. The van der Waals surface area contributed by atoms with Crippen LogP contribution in [0.5, 0.6) is 0 Å². The predicted octanol–water partition coefficient (Wildman–Crippen LogP) is 1.80. The van der Waals surface area contributed by atoms with Crippen molar-refractivity contribution in [2.75, 3.05) is 18.9 Å². The number of nitrogens with one attached hydrogen (secondary N) is 1.